The van der Waals surface area contributed by atoms with Crippen LogP contribution in [0.1, 0.15) is 71.6 Å². The molecule has 18 heavy (non-hydrogen) atoms. The molecule has 0 aromatic carbocycles. The molecule has 0 radical (unpaired) electrons. The van der Waals surface area contributed by atoms with Gasteiger partial charge in [-0.2, -0.15) is 0 Å². The molecule has 0 saturated heterocycles. The Kier molecular flexibility index (Phi) is 11.9. The molecule has 0 heterocycles. The SMILES string of the molecule is CCCCCCCCC(CC)CC(O)C(O)CO. The highest BCUT2D eigenvalue weighted by Crippen LogP contribution is 2.21. The van der Waals surface area contributed by atoms with Gasteiger partial charge < -0.3 is 15.3 Å². The molecule has 0 rings (SSSR count). The third-order valence-corrected chi connectivity index (χ3v) is 3.75. The van der Waals surface area contributed by atoms with Gasteiger partial charge in [-0.3, -0.25) is 0 Å². The van der Waals surface area contributed by atoms with Crippen LogP contribution < -0.4 is 0 Å². The van der Waals surface area contributed by atoms with Crippen molar-refractivity contribution in [1.82, 2.24) is 0 Å². The molecule has 0 aliphatic carbocycles. The number of rotatable bonds is 12. The quantitative estimate of drug-likeness (QED) is 0.473. The van der Waals surface area contributed by atoms with Gasteiger partial charge in [0.15, 0.2) is 0 Å². The van der Waals surface area contributed by atoms with E-state index in [2.05, 4.69) is 13.8 Å². The van der Waals surface area contributed by atoms with Crippen LogP contribution in [0.2, 0.25) is 0 Å². The Morgan fingerprint density at radius 3 is 2.00 bits per heavy atom. The van der Waals surface area contributed by atoms with Gasteiger partial charge in [0.2, 0.25) is 0 Å². The fourth-order valence-electron chi connectivity index (χ4n) is 2.32. The predicted molar refractivity (Wildman–Crippen MR) is 75.5 cm³/mol. The topological polar surface area (TPSA) is 60.7 Å². The molecule has 3 atom stereocenters. The van der Waals surface area contributed by atoms with Gasteiger partial charge in [-0.1, -0.05) is 65.2 Å². The average Bonchev–Trinajstić information content (AvgIpc) is 2.39. The molecule has 110 valence electrons. The van der Waals surface area contributed by atoms with E-state index < -0.39 is 12.2 Å². The van der Waals surface area contributed by atoms with Gasteiger partial charge in [0, 0.05) is 0 Å². The Labute approximate surface area is 112 Å². The highest BCUT2D eigenvalue weighted by atomic mass is 16.4. The lowest BCUT2D eigenvalue weighted by Crippen LogP contribution is -2.31. The van der Waals surface area contributed by atoms with E-state index in [0.29, 0.717) is 12.3 Å². The van der Waals surface area contributed by atoms with Crippen molar-refractivity contribution in [2.24, 2.45) is 5.92 Å². The van der Waals surface area contributed by atoms with Gasteiger partial charge in [-0.25, -0.2) is 0 Å². The fraction of sp³-hybridized carbons (Fsp3) is 1.00. The zero-order chi connectivity index (χ0) is 13.8. The lowest BCUT2D eigenvalue weighted by Gasteiger charge is -2.21. The zero-order valence-electron chi connectivity index (χ0n) is 12.1. The number of unbranched alkanes of at least 4 members (excludes halogenated alkanes) is 5. The summed E-state index contributed by atoms with van der Waals surface area (Å²) in [5, 5.41) is 27.8. The standard InChI is InChI=1S/C15H32O3/c1-3-5-6-7-8-9-10-13(4-2)11-14(17)15(18)12-16/h13-18H,3-12H2,1-2H3. The van der Waals surface area contributed by atoms with Crippen molar-refractivity contribution in [2.75, 3.05) is 6.61 Å². The van der Waals surface area contributed by atoms with Crippen LogP contribution >= 0.6 is 0 Å². The van der Waals surface area contributed by atoms with Crippen LogP contribution in [-0.4, -0.2) is 34.1 Å². The monoisotopic (exact) mass is 260 g/mol. The average molecular weight is 260 g/mol. The second-order valence-electron chi connectivity index (χ2n) is 5.38. The van der Waals surface area contributed by atoms with Crippen LogP contribution in [0.4, 0.5) is 0 Å². The van der Waals surface area contributed by atoms with Crippen LogP contribution in [0.25, 0.3) is 0 Å². The first-order valence-electron chi connectivity index (χ1n) is 7.62. The van der Waals surface area contributed by atoms with E-state index in [4.69, 9.17) is 5.11 Å². The number of aliphatic hydroxyl groups excluding tert-OH is 3. The van der Waals surface area contributed by atoms with Crippen molar-refractivity contribution >= 4 is 0 Å². The first-order chi connectivity index (χ1) is 8.65. The lowest BCUT2D eigenvalue weighted by atomic mass is 9.91. The molecular formula is C15H32O3. The van der Waals surface area contributed by atoms with E-state index in [1.54, 1.807) is 0 Å². The lowest BCUT2D eigenvalue weighted by molar-refractivity contribution is -0.0256. The number of hydrogen-bond acceptors (Lipinski definition) is 3. The Balaban J connectivity index is 3.63. The highest BCUT2D eigenvalue weighted by molar-refractivity contribution is 4.70. The summed E-state index contributed by atoms with van der Waals surface area (Å²) in [4.78, 5) is 0. The minimum atomic E-state index is -0.983. The molecule has 3 nitrogen and oxygen atoms in total. The van der Waals surface area contributed by atoms with Crippen molar-refractivity contribution in [1.29, 1.82) is 0 Å². The van der Waals surface area contributed by atoms with Gasteiger partial charge in [0.05, 0.1) is 12.7 Å². The maximum atomic E-state index is 9.68. The third-order valence-electron chi connectivity index (χ3n) is 3.75. The molecule has 0 aromatic heterocycles. The van der Waals surface area contributed by atoms with Gasteiger partial charge in [0.1, 0.15) is 6.10 Å². The molecule has 0 fully saturated rings. The van der Waals surface area contributed by atoms with Gasteiger partial charge >= 0.3 is 0 Å². The van der Waals surface area contributed by atoms with E-state index in [1.807, 2.05) is 0 Å². The second-order valence-corrected chi connectivity index (χ2v) is 5.38. The maximum absolute atomic E-state index is 9.68. The van der Waals surface area contributed by atoms with Crippen LogP contribution in [-0.2, 0) is 0 Å². The minimum Gasteiger partial charge on any atom is -0.394 e. The Bertz CT molecular complexity index is 173. The summed E-state index contributed by atoms with van der Waals surface area (Å²) in [5.41, 5.74) is 0. The molecule has 0 bridgehead atoms. The van der Waals surface area contributed by atoms with Crippen molar-refractivity contribution in [3.8, 4) is 0 Å². The normalized spacial score (nSPS) is 16.5. The van der Waals surface area contributed by atoms with Crippen LogP contribution in [0.15, 0.2) is 0 Å². The summed E-state index contributed by atoms with van der Waals surface area (Å²) >= 11 is 0. The molecule has 3 heteroatoms. The fourth-order valence-corrected chi connectivity index (χ4v) is 2.32. The highest BCUT2D eigenvalue weighted by Gasteiger charge is 2.19. The van der Waals surface area contributed by atoms with Crippen molar-refractivity contribution in [3.63, 3.8) is 0 Å². The third kappa shape index (κ3) is 8.90. The van der Waals surface area contributed by atoms with Gasteiger partial charge in [-0.05, 0) is 12.3 Å². The van der Waals surface area contributed by atoms with Crippen molar-refractivity contribution < 1.29 is 15.3 Å². The molecule has 3 unspecified atom stereocenters. The summed E-state index contributed by atoms with van der Waals surface area (Å²) in [6, 6.07) is 0. The smallest absolute Gasteiger partial charge is 0.103 e. The summed E-state index contributed by atoms with van der Waals surface area (Å²) in [7, 11) is 0. The summed E-state index contributed by atoms with van der Waals surface area (Å²) < 4.78 is 0. The van der Waals surface area contributed by atoms with E-state index in [0.717, 1.165) is 12.8 Å². The first kappa shape index (κ1) is 17.9. The molecular weight excluding hydrogens is 228 g/mol. The van der Waals surface area contributed by atoms with E-state index in [9.17, 15) is 10.2 Å². The van der Waals surface area contributed by atoms with Crippen molar-refractivity contribution in [3.05, 3.63) is 0 Å². The molecule has 0 saturated carbocycles. The summed E-state index contributed by atoms with van der Waals surface area (Å²) in [6.45, 7) is 4.00. The summed E-state index contributed by atoms with van der Waals surface area (Å²) in [6.07, 6.45) is 8.74. The van der Waals surface area contributed by atoms with Crippen LogP contribution in [0, 0.1) is 5.92 Å². The van der Waals surface area contributed by atoms with Crippen molar-refractivity contribution in [2.45, 2.75) is 83.8 Å². The molecule has 0 aliphatic rings. The van der Waals surface area contributed by atoms with E-state index in [1.165, 1.54) is 38.5 Å². The van der Waals surface area contributed by atoms with Gasteiger partial charge in [0.25, 0.3) is 0 Å². The largest absolute Gasteiger partial charge is 0.394 e. The number of hydrogen-bond donors (Lipinski definition) is 3. The van der Waals surface area contributed by atoms with E-state index in [-0.39, 0.29) is 6.61 Å². The Morgan fingerprint density at radius 1 is 0.833 bits per heavy atom. The maximum Gasteiger partial charge on any atom is 0.103 e. The predicted octanol–water partition coefficient (Wildman–Crippen LogP) is 2.87. The summed E-state index contributed by atoms with van der Waals surface area (Å²) in [5.74, 6) is 0.465. The van der Waals surface area contributed by atoms with Crippen LogP contribution in [0.3, 0.4) is 0 Å². The molecule has 0 aromatic rings. The van der Waals surface area contributed by atoms with Gasteiger partial charge in [-0.15, -0.1) is 0 Å². The van der Waals surface area contributed by atoms with E-state index >= 15 is 0 Å². The Hall–Kier alpha value is -0.120. The Morgan fingerprint density at radius 2 is 1.44 bits per heavy atom. The molecule has 0 amide bonds. The first-order valence-corrected chi connectivity index (χ1v) is 7.62. The molecule has 0 aliphatic heterocycles. The zero-order valence-corrected chi connectivity index (χ0v) is 12.1. The minimum absolute atomic E-state index is 0.353. The molecule has 3 N–H and O–H groups in total. The number of aliphatic hydroxyl groups is 3. The van der Waals surface area contributed by atoms with Crippen LogP contribution in [0.5, 0.6) is 0 Å². The molecule has 0 spiro atoms. The second kappa shape index (κ2) is 11.9.